The van der Waals surface area contributed by atoms with Crippen molar-refractivity contribution >= 4 is 52.7 Å². The molecule has 0 aromatic heterocycles. The largest absolute Gasteiger partial charge is 0.506 e. The molecule has 0 heterocycles. The van der Waals surface area contributed by atoms with Gasteiger partial charge in [0.2, 0.25) is 23.6 Å². The monoisotopic (exact) mass is 782 g/mol. The molecule has 0 aliphatic rings. The summed E-state index contributed by atoms with van der Waals surface area (Å²) in [5.74, 6) is -4.73. The molecule has 19 heteroatoms. The third-order valence-electron chi connectivity index (χ3n) is 8.16. The second kappa shape index (κ2) is 23.1. The van der Waals surface area contributed by atoms with Crippen LogP contribution in [0.5, 0.6) is 5.75 Å². The highest BCUT2D eigenvalue weighted by Gasteiger charge is 2.28. The van der Waals surface area contributed by atoms with Gasteiger partial charge in [-0.3, -0.25) is 29.4 Å². The Kier molecular flexibility index (Phi) is 19.0. The quantitative estimate of drug-likeness (QED) is 0.0427. The van der Waals surface area contributed by atoms with Gasteiger partial charge in [0.05, 0.1) is 24.7 Å². The van der Waals surface area contributed by atoms with Crippen molar-refractivity contribution in [2.24, 2.45) is 33.5 Å². The number of nitrogens with one attached hydrogen (secondary N) is 6. The van der Waals surface area contributed by atoms with Gasteiger partial charge < -0.3 is 53.4 Å². The van der Waals surface area contributed by atoms with Crippen LogP contribution in [0.4, 0.5) is 11.4 Å². The molecule has 0 fully saturated rings. The molecule has 2 aromatic carbocycles. The number of aliphatic hydroxyl groups is 1. The van der Waals surface area contributed by atoms with Crippen molar-refractivity contribution in [2.45, 2.75) is 84.0 Å². The zero-order valence-electron chi connectivity index (χ0n) is 32.0. The number of amides is 5. The van der Waals surface area contributed by atoms with Crippen molar-refractivity contribution in [2.75, 3.05) is 19.7 Å². The van der Waals surface area contributed by atoms with E-state index in [1.54, 1.807) is 12.1 Å². The molecule has 0 unspecified atom stereocenters. The van der Waals surface area contributed by atoms with Crippen LogP contribution in [-0.2, 0) is 30.4 Å². The Hall–Kier alpha value is -5.95. The number of hydrogen-bond donors (Lipinski definition) is 11. The Morgan fingerprint density at radius 2 is 1.39 bits per heavy atom. The SMILES string of the molecule is CC(C)C[C@H](NC(=O)[C@H](CCC(=N)N)NC(=O)c1ccc(N=Nc2cc(CCNC(=O)[C@H](CO)NC(=O)[C@H](CC(C)C)NC(=O)CN)ccc2O)cc1)C(=O)O. The molecule has 5 amide bonds. The summed E-state index contributed by atoms with van der Waals surface area (Å²) < 4.78 is 0. The smallest absolute Gasteiger partial charge is 0.326 e. The zero-order valence-corrected chi connectivity index (χ0v) is 32.0. The van der Waals surface area contributed by atoms with Crippen molar-refractivity contribution in [1.82, 2.24) is 26.6 Å². The van der Waals surface area contributed by atoms with Crippen LogP contribution >= 0.6 is 0 Å². The first kappa shape index (κ1) is 46.2. The maximum absolute atomic E-state index is 13.1. The Morgan fingerprint density at radius 1 is 0.786 bits per heavy atom. The number of azo groups is 1. The van der Waals surface area contributed by atoms with Crippen molar-refractivity contribution in [3.8, 4) is 5.75 Å². The van der Waals surface area contributed by atoms with Crippen LogP contribution < -0.4 is 38.1 Å². The number of amidine groups is 1. The number of benzene rings is 2. The maximum atomic E-state index is 13.1. The summed E-state index contributed by atoms with van der Waals surface area (Å²) in [6.45, 7) is 6.46. The van der Waals surface area contributed by atoms with Gasteiger partial charge in [0.25, 0.3) is 5.91 Å². The van der Waals surface area contributed by atoms with E-state index in [-0.39, 0.29) is 73.4 Å². The minimum atomic E-state index is -1.27. The standard InChI is InChI=1S/C37H54N10O9/c1-20(2)15-27(42-32(50)18-38)36(54)45-29(19-48)34(52)41-14-13-22-5-11-30(49)26(17-22)47-46-24-8-6-23(7-9-24)33(51)43-25(10-12-31(39)40)35(53)44-28(37(55)56)16-21(3)4/h5-9,11,17,20-21,25,27-29,48-49H,10,12-16,18-19,38H2,1-4H3,(H3,39,40)(H,41,52)(H,42,50)(H,43,51)(H,44,53)(H,45,54)(H,55,56)/t25-,27-,28-,29-/m0/s1. The summed E-state index contributed by atoms with van der Waals surface area (Å²) in [5.41, 5.74) is 12.1. The number of carboxylic acids is 1. The number of rotatable bonds is 23. The molecule has 0 bridgehead atoms. The van der Waals surface area contributed by atoms with Crippen LogP contribution in [0.3, 0.4) is 0 Å². The number of carbonyl (C=O) groups excluding carboxylic acids is 5. The molecule has 0 saturated heterocycles. The summed E-state index contributed by atoms with van der Waals surface area (Å²) in [6, 6.07) is 5.87. The fourth-order valence-corrected chi connectivity index (χ4v) is 5.25. The lowest BCUT2D eigenvalue weighted by molar-refractivity contribution is -0.142. The van der Waals surface area contributed by atoms with Crippen LogP contribution in [-0.4, -0.2) is 101 Å². The predicted octanol–water partition coefficient (Wildman–Crippen LogP) is 0.863. The van der Waals surface area contributed by atoms with Gasteiger partial charge >= 0.3 is 5.97 Å². The molecule has 13 N–H and O–H groups in total. The lowest BCUT2D eigenvalue weighted by atomic mass is 10.0. The van der Waals surface area contributed by atoms with Gasteiger partial charge in [0.1, 0.15) is 35.6 Å². The molecule has 0 aliphatic carbocycles. The molecule has 0 spiro atoms. The van der Waals surface area contributed by atoms with Crippen LogP contribution in [0, 0.1) is 17.2 Å². The van der Waals surface area contributed by atoms with Crippen molar-refractivity contribution in [1.29, 1.82) is 5.41 Å². The van der Waals surface area contributed by atoms with E-state index in [9.17, 15) is 44.1 Å². The molecule has 0 saturated carbocycles. The van der Waals surface area contributed by atoms with Crippen molar-refractivity contribution < 1.29 is 44.1 Å². The van der Waals surface area contributed by atoms with Crippen LogP contribution in [0.1, 0.15) is 69.3 Å². The first-order valence-corrected chi connectivity index (χ1v) is 18.1. The van der Waals surface area contributed by atoms with Gasteiger partial charge in [0.15, 0.2) is 0 Å². The lowest BCUT2D eigenvalue weighted by Gasteiger charge is -2.23. The minimum absolute atomic E-state index is 0.00958. The van der Waals surface area contributed by atoms with E-state index in [0.717, 1.165) is 0 Å². The number of aliphatic carboxylic acids is 1. The van der Waals surface area contributed by atoms with Gasteiger partial charge in [-0.1, -0.05) is 33.8 Å². The molecule has 0 radical (unpaired) electrons. The molecule has 19 nitrogen and oxygen atoms in total. The van der Waals surface area contributed by atoms with Crippen LogP contribution in [0.2, 0.25) is 0 Å². The Morgan fingerprint density at radius 3 is 1.96 bits per heavy atom. The van der Waals surface area contributed by atoms with E-state index < -0.39 is 66.3 Å². The maximum Gasteiger partial charge on any atom is 0.326 e. The topological polar surface area (TPSA) is 324 Å². The van der Waals surface area contributed by atoms with Crippen molar-refractivity contribution in [3.05, 3.63) is 53.6 Å². The number of carbonyl (C=O) groups is 6. The molecular weight excluding hydrogens is 728 g/mol. The fraction of sp³-hybridized carbons (Fsp3) is 0.486. The number of nitrogens with zero attached hydrogens (tertiary/aromatic N) is 2. The molecule has 306 valence electrons. The highest BCUT2D eigenvalue weighted by Crippen LogP contribution is 2.29. The van der Waals surface area contributed by atoms with Crippen molar-refractivity contribution in [3.63, 3.8) is 0 Å². The van der Waals surface area contributed by atoms with E-state index in [2.05, 4.69) is 36.8 Å². The lowest BCUT2D eigenvalue weighted by Crippen LogP contribution is -2.56. The fourth-order valence-electron chi connectivity index (χ4n) is 5.25. The predicted molar refractivity (Wildman–Crippen MR) is 206 cm³/mol. The van der Waals surface area contributed by atoms with Gasteiger partial charge in [-0.05, 0) is 79.5 Å². The van der Waals surface area contributed by atoms with Gasteiger partial charge in [0, 0.05) is 18.5 Å². The summed E-state index contributed by atoms with van der Waals surface area (Å²) in [6.07, 6.45) is 0.723. The number of phenols is 1. The number of aromatic hydroxyl groups is 1. The summed E-state index contributed by atoms with van der Waals surface area (Å²) >= 11 is 0. The third-order valence-corrected chi connectivity index (χ3v) is 8.16. The first-order valence-electron chi connectivity index (χ1n) is 18.1. The van der Waals surface area contributed by atoms with Gasteiger partial charge in [-0.2, -0.15) is 5.11 Å². The minimum Gasteiger partial charge on any atom is -0.506 e. The summed E-state index contributed by atoms with van der Waals surface area (Å²) in [5, 5.41) is 58.1. The van der Waals surface area contributed by atoms with E-state index in [1.807, 2.05) is 27.7 Å². The summed E-state index contributed by atoms with van der Waals surface area (Å²) in [4.78, 5) is 75.1. The van der Waals surface area contributed by atoms with Crippen LogP contribution in [0.15, 0.2) is 52.7 Å². The number of hydrogen-bond acceptors (Lipinski definition) is 12. The first-order chi connectivity index (χ1) is 26.4. The second-order valence-corrected chi connectivity index (χ2v) is 13.9. The Balaban J connectivity index is 2.04. The average molecular weight is 783 g/mol. The van der Waals surface area contributed by atoms with Gasteiger partial charge in [-0.25, -0.2) is 4.79 Å². The molecule has 4 atom stereocenters. The molecule has 2 aromatic rings. The number of aliphatic hydroxyl groups excluding tert-OH is 1. The zero-order chi connectivity index (χ0) is 41.9. The number of nitrogens with two attached hydrogens (primary N) is 2. The van der Waals surface area contributed by atoms with E-state index in [1.165, 1.54) is 30.3 Å². The van der Waals surface area contributed by atoms with E-state index in [4.69, 9.17) is 16.9 Å². The molecule has 0 aliphatic heterocycles. The number of phenolic OH excluding ortho intramolecular Hbond substituents is 1. The van der Waals surface area contributed by atoms with Gasteiger partial charge in [-0.15, -0.1) is 5.11 Å². The normalized spacial score (nSPS) is 13.4. The Labute approximate surface area is 325 Å². The second-order valence-electron chi connectivity index (χ2n) is 13.9. The average Bonchev–Trinajstić information content (AvgIpc) is 3.14. The third kappa shape index (κ3) is 16.2. The van der Waals surface area contributed by atoms with E-state index >= 15 is 0 Å². The number of carboxylic acid groups (broad SMARTS) is 1. The van der Waals surface area contributed by atoms with E-state index in [0.29, 0.717) is 17.7 Å². The molecule has 2 rings (SSSR count). The highest BCUT2D eigenvalue weighted by molar-refractivity contribution is 5.98. The van der Waals surface area contributed by atoms with Crippen LogP contribution in [0.25, 0.3) is 0 Å². The summed E-state index contributed by atoms with van der Waals surface area (Å²) in [7, 11) is 0. The molecular formula is C37H54N10O9. The highest BCUT2D eigenvalue weighted by atomic mass is 16.4. The Bertz CT molecular complexity index is 1720. The molecule has 56 heavy (non-hydrogen) atoms.